The van der Waals surface area contributed by atoms with Gasteiger partial charge in [-0.3, -0.25) is 10.1 Å². The van der Waals surface area contributed by atoms with E-state index in [-0.39, 0.29) is 10.6 Å². The van der Waals surface area contributed by atoms with Gasteiger partial charge < -0.3 is 9.80 Å². The Morgan fingerprint density at radius 3 is 2.55 bits per heavy atom. The van der Waals surface area contributed by atoms with Gasteiger partial charge in [-0.05, 0) is 43.7 Å². The molecule has 0 spiro atoms. The molecular weight excluding hydrogens is 254 g/mol. The van der Waals surface area contributed by atoms with Crippen LogP contribution >= 0.6 is 0 Å². The minimum absolute atomic E-state index is 0.156. The fraction of sp³-hybridized carbons (Fsp3) is 0.467. The van der Waals surface area contributed by atoms with Crippen LogP contribution in [0.4, 0.5) is 11.4 Å². The van der Waals surface area contributed by atoms with Crippen LogP contribution < -0.4 is 4.90 Å². The van der Waals surface area contributed by atoms with Crippen LogP contribution in [0.15, 0.2) is 24.4 Å². The molecule has 0 N–H and O–H groups in total. The van der Waals surface area contributed by atoms with Crippen LogP contribution in [0.25, 0.3) is 6.08 Å². The summed E-state index contributed by atoms with van der Waals surface area (Å²) in [6.45, 7) is 2.07. The van der Waals surface area contributed by atoms with E-state index in [2.05, 4.69) is 4.90 Å². The van der Waals surface area contributed by atoms with Crippen molar-refractivity contribution in [3.05, 3.63) is 40.1 Å². The lowest BCUT2D eigenvalue weighted by molar-refractivity contribution is -0.385. The van der Waals surface area contributed by atoms with Crippen molar-refractivity contribution in [3.63, 3.8) is 0 Å². The maximum absolute atomic E-state index is 11.1. The lowest BCUT2D eigenvalue weighted by Gasteiger charge is -2.29. The standard InChI is InChI=1S/C15H21N3O2/c1-16(2)11-8-13-12-14(6-7-15(13)18(19)20)17-9-4-3-5-10-17/h6-8,11-12H,3-5,9-10H2,1-2H3. The van der Waals surface area contributed by atoms with Gasteiger partial charge in [-0.25, -0.2) is 0 Å². The van der Waals surface area contributed by atoms with E-state index in [0.717, 1.165) is 18.8 Å². The zero-order chi connectivity index (χ0) is 14.5. The van der Waals surface area contributed by atoms with Crippen molar-refractivity contribution in [1.82, 2.24) is 4.90 Å². The largest absolute Gasteiger partial charge is 0.383 e. The first-order valence-corrected chi connectivity index (χ1v) is 6.96. The molecule has 1 saturated heterocycles. The third kappa shape index (κ3) is 3.50. The predicted molar refractivity (Wildman–Crippen MR) is 81.9 cm³/mol. The highest BCUT2D eigenvalue weighted by molar-refractivity contribution is 5.67. The molecule has 1 aliphatic rings. The second kappa shape index (κ2) is 6.41. The second-order valence-electron chi connectivity index (χ2n) is 5.33. The zero-order valence-electron chi connectivity index (χ0n) is 12.1. The normalized spacial score (nSPS) is 15.6. The van der Waals surface area contributed by atoms with E-state index in [1.54, 1.807) is 12.1 Å². The molecule has 0 aromatic heterocycles. The van der Waals surface area contributed by atoms with Crippen molar-refractivity contribution >= 4 is 17.5 Å². The van der Waals surface area contributed by atoms with Crippen LogP contribution in [-0.2, 0) is 0 Å². The average Bonchev–Trinajstić information content (AvgIpc) is 2.45. The number of benzene rings is 1. The Balaban J connectivity index is 2.31. The summed E-state index contributed by atoms with van der Waals surface area (Å²) in [5, 5.41) is 11.1. The SMILES string of the molecule is CN(C)C=Cc1cc(N2CCCCC2)ccc1[N+](=O)[O-]. The van der Waals surface area contributed by atoms with Crippen molar-refractivity contribution in [2.45, 2.75) is 19.3 Å². The van der Waals surface area contributed by atoms with Gasteiger partial charge in [0.05, 0.1) is 10.5 Å². The molecule has 0 unspecified atom stereocenters. The molecule has 0 bridgehead atoms. The maximum Gasteiger partial charge on any atom is 0.276 e. The van der Waals surface area contributed by atoms with Crippen molar-refractivity contribution < 1.29 is 4.92 Å². The highest BCUT2D eigenvalue weighted by Crippen LogP contribution is 2.28. The van der Waals surface area contributed by atoms with Crippen molar-refractivity contribution in [2.75, 3.05) is 32.1 Å². The van der Waals surface area contributed by atoms with Crippen molar-refractivity contribution in [3.8, 4) is 0 Å². The molecule has 1 fully saturated rings. The fourth-order valence-electron chi connectivity index (χ4n) is 2.42. The lowest BCUT2D eigenvalue weighted by Crippen LogP contribution is -2.29. The van der Waals surface area contributed by atoms with E-state index in [9.17, 15) is 10.1 Å². The van der Waals surface area contributed by atoms with E-state index < -0.39 is 0 Å². The number of nitro benzene ring substituents is 1. The summed E-state index contributed by atoms with van der Waals surface area (Å²) in [4.78, 5) is 15.0. The summed E-state index contributed by atoms with van der Waals surface area (Å²) in [6.07, 6.45) is 7.30. The van der Waals surface area contributed by atoms with Gasteiger partial charge in [0.25, 0.3) is 5.69 Å². The summed E-state index contributed by atoms with van der Waals surface area (Å²) in [6, 6.07) is 5.39. The molecule has 0 amide bonds. The number of rotatable bonds is 4. The van der Waals surface area contributed by atoms with Gasteiger partial charge in [-0.2, -0.15) is 0 Å². The Labute approximate surface area is 119 Å². The second-order valence-corrected chi connectivity index (χ2v) is 5.33. The summed E-state index contributed by atoms with van der Waals surface area (Å²) in [5.74, 6) is 0. The highest BCUT2D eigenvalue weighted by atomic mass is 16.6. The predicted octanol–water partition coefficient (Wildman–Crippen LogP) is 3.12. The topological polar surface area (TPSA) is 49.6 Å². The monoisotopic (exact) mass is 275 g/mol. The molecule has 1 heterocycles. The molecular formula is C15H21N3O2. The molecule has 2 rings (SSSR count). The Morgan fingerprint density at radius 1 is 1.25 bits per heavy atom. The first kappa shape index (κ1) is 14.4. The van der Waals surface area contributed by atoms with Gasteiger partial charge in [0.2, 0.25) is 0 Å². The third-order valence-corrected chi connectivity index (χ3v) is 3.48. The smallest absolute Gasteiger partial charge is 0.276 e. The number of hydrogen-bond acceptors (Lipinski definition) is 4. The van der Waals surface area contributed by atoms with Gasteiger partial charge in [0, 0.05) is 38.9 Å². The van der Waals surface area contributed by atoms with E-state index >= 15 is 0 Å². The molecule has 0 radical (unpaired) electrons. The van der Waals surface area contributed by atoms with E-state index in [1.165, 1.54) is 19.3 Å². The van der Waals surface area contributed by atoms with Gasteiger partial charge >= 0.3 is 0 Å². The first-order valence-electron chi connectivity index (χ1n) is 6.96. The van der Waals surface area contributed by atoms with Crippen molar-refractivity contribution in [2.24, 2.45) is 0 Å². The quantitative estimate of drug-likeness (QED) is 0.626. The minimum atomic E-state index is -0.324. The van der Waals surface area contributed by atoms with Gasteiger partial charge in [-0.15, -0.1) is 0 Å². The Hall–Kier alpha value is -2.04. The minimum Gasteiger partial charge on any atom is -0.383 e. The average molecular weight is 275 g/mol. The zero-order valence-corrected chi connectivity index (χ0v) is 12.1. The number of piperidine rings is 1. The molecule has 5 nitrogen and oxygen atoms in total. The van der Waals surface area contributed by atoms with Crippen LogP contribution in [0.2, 0.25) is 0 Å². The summed E-state index contributed by atoms with van der Waals surface area (Å²) >= 11 is 0. The van der Waals surface area contributed by atoms with Crippen molar-refractivity contribution in [1.29, 1.82) is 0 Å². The molecule has 0 atom stereocenters. The van der Waals surface area contributed by atoms with Crippen LogP contribution in [0.1, 0.15) is 24.8 Å². The first-order chi connectivity index (χ1) is 9.58. The molecule has 0 saturated carbocycles. The Bertz CT molecular complexity index is 506. The molecule has 5 heteroatoms. The molecule has 108 valence electrons. The summed E-state index contributed by atoms with van der Waals surface area (Å²) in [5.41, 5.74) is 1.89. The van der Waals surface area contributed by atoms with E-state index in [1.807, 2.05) is 37.3 Å². The van der Waals surface area contributed by atoms with Gasteiger partial charge in [-0.1, -0.05) is 0 Å². The molecule has 1 aliphatic heterocycles. The van der Waals surface area contributed by atoms with Crippen LogP contribution in [0, 0.1) is 10.1 Å². The molecule has 0 aliphatic carbocycles. The van der Waals surface area contributed by atoms with Crippen LogP contribution in [-0.4, -0.2) is 37.0 Å². The Morgan fingerprint density at radius 2 is 1.95 bits per heavy atom. The van der Waals surface area contributed by atoms with E-state index in [4.69, 9.17) is 0 Å². The number of anilines is 1. The summed E-state index contributed by atoms with van der Waals surface area (Å²) in [7, 11) is 3.80. The molecule has 1 aromatic carbocycles. The molecule has 20 heavy (non-hydrogen) atoms. The fourth-order valence-corrected chi connectivity index (χ4v) is 2.42. The number of nitro groups is 1. The number of nitrogens with zero attached hydrogens (tertiary/aromatic N) is 3. The lowest BCUT2D eigenvalue weighted by atomic mass is 10.1. The highest BCUT2D eigenvalue weighted by Gasteiger charge is 2.16. The third-order valence-electron chi connectivity index (χ3n) is 3.48. The van der Waals surface area contributed by atoms with Gasteiger partial charge in [0.1, 0.15) is 0 Å². The van der Waals surface area contributed by atoms with Crippen LogP contribution in [0.5, 0.6) is 0 Å². The van der Waals surface area contributed by atoms with Gasteiger partial charge in [0.15, 0.2) is 0 Å². The molecule has 1 aromatic rings. The Kier molecular flexibility index (Phi) is 4.61. The van der Waals surface area contributed by atoms with Crippen LogP contribution in [0.3, 0.4) is 0 Å². The van der Waals surface area contributed by atoms with E-state index in [0.29, 0.717) is 5.56 Å². The summed E-state index contributed by atoms with van der Waals surface area (Å²) < 4.78 is 0. The maximum atomic E-state index is 11.1. The number of hydrogen-bond donors (Lipinski definition) is 0.